The summed E-state index contributed by atoms with van der Waals surface area (Å²) in [5, 5.41) is 3.39. The van der Waals surface area contributed by atoms with Gasteiger partial charge in [-0.1, -0.05) is 0 Å². The topological polar surface area (TPSA) is 46.9 Å². The second-order valence-electron chi connectivity index (χ2n) is 4.23. The summed E-state index contributed by atoms with van der Waals surface area (Å²) < 4.78 is 1.76. The lowest BCUT2D eigenvalue weighted by atomic mass is 10.2. The predicted molar refractivity (Wildman–Crippen MR) is 59.0 cm³/mol. The van der Waals surface area contributed by atoms with E-state index in [2.05, 4.69) is 10.3 Å². The number of hydrogen-bond donors (Lipinski definition) is 1. The van der Waals surface area contributed by atoms with Gasteiger partial charge in [-0.2, -0.15) is 4.98 Å². The molecule has 0 radical (unpaired) electrons. The number of nitrogens with one attached hydrogen (secondary N) is 1. The highest BCUT2D eigenvalue weighted by Gasteiger charge is 2.16. The molecule has 2 rings (SSSR count). The zero-order chi connectivity index (χ0) is 10.8. The minimum Gasteiger partial charge on any atom is -0.312 e. The van der Waals surface area contributed by atoms with Gasteiger partial charge >= 0.3 is 5.69 Å². The maximum Gasteiger partial charge on any atom is 0.348 e. The molecule has 0 aromatic carbocycles. The Bertz CT molecular complexity index is 405. The SMILES string of the molecule is Cc1cc(C)n(CC2CCCN2)c(=O)n1. The summed E-state index contributed by atoms with van der Waals surface area (Å²) in [5.41, 5.74) is 1.68. The Hall–Kier alpha value is -1.16. The average Bonchev–Trinajstić information content (AvgIpc) is 2.63. The lowest BCUT2D eigenvalue weighted by Crippen LogP contribution is -2.34. The highest BCUT2D eigenvalue weighted by molar-refractivity contribution is 5.06. The van der Waals surface area contributed by atoms with Gasteiger partial charge in [0.15, 0.2) is 0 Å². The van der Waals surface area contributed by atoms with Crippen molar-refractivity contribution in [3.8, 4) is 0 Å². The molecule has 0 bridgehead atoms. The molecule has 1 aliphatic heterocycles. The fourth-order valence-electron chi connectivity index (χ4n) is 2.13. The molecule has 1 fully saturated rings. The first-order chi connectivity index (χ1) is 7.16. The van der Waals surface area contributed by atoms with Crippen molar-refractivity contribution in [2.24, 2.45) is 0 Å². The monoisotopic (exact) mass is 207 g/mol. The largest absolute Gasteiger partial charge is 0.348 e. The summed E-state index contributed by atoms with van der Waals surface area (Å²) in [4.78, 5) is 15.6. The smallest absolute Gasteiger partial charge is 0.312 e. The Balaban J connectivity index is 2.23. The molecule has 1 aromatic heterocycles. The average molecular weight is 207 g/mol. The molecule has 1 N–H and O–H groups in total. The van der Waals surface area contributed by atoms with Crippen molar-refractivity contribution in [1.82, 2.24) is 14.9 Å². The van der Waals surface area contributed by atoms with E-state index in [1.807, 2.05) is 19.9 Å². The second kappa shape index (κ2) is 4.14. The van der Waals surface area contributed by atoms with E-state index in [9.17, 15) is 4.79 Å². The van der Waals surface area contributed by atoms with E-state index in [0.717, 1.165) is 30.9 Å². The number of aromatic nitrogens is 2. The maximum atomic E-state index is 11.7. The van der Waals surface area contributed by atoms with Crippen LogP contribution in [0.1, 0.15) is 24.2 Å². The van der Waals surface area contributed by atoms with Crippen LogP contribution in [0.25, 0.3) is 0 Å². The maximum absolute atomic E-state index is 11.7. The Morgan fingerprint density at radius 3 is 3.00 bits per heavy atom. The van der Waals surface area contributed by atoms with E-state index in [-0.39, 0.29) is 5.69 Å². The highest BCUT2D eigenvalue weighted by Crippen LogP contribution is 2.07. The van der Waals surface area contributed by atoms with Crippen molar-refractivity contribution >= 4 is 0 Å². The zero-order valence-corrected chi connectivity index (χ0v) is 9.29. The molecular formula is C11H17N3O. The molecule has 0 aliphatic carbocycles. The van der Waals surface area contributed by atoms with Crippen molar-refractivity contribution in [1.29, 1.82) is 0 Å². The summed E-state index contributed by atoms with van der Waals surface area (Å²) >= 11 is 0. The van der Waals surface area contributed by atoms with Gasteiger partial charge in [0.1, 0.15) is 0 Å². The van der Waals surface area contributed by atoms with Crippen LogP contribution in [0.4, 0.5) is 0 Å². The molecule has 4 nitrogen and oxygen atoms in total. The van der Waals surface area contributed by atoms with Gasteiger partial charge < -0.3 is 5.32 Å². The van der Waals surface area contributed by atoms with E-state index in [1.165, 1.54) is 6.42 Å². The minimum atomic E-state index is -0.124. The van der Waals surface area contributed by atoms with E-state index in [1.54, 1.807) is 4.57 Å². The summed E-state index contributed by atoms with van der Waals surface area (Å²) in [5.74, 6) is 0. The molecule has 82 valence electrons. The van der Waals surface area contributed by atoms with Gasteiger partial charge in [-0.25, -0.2) is 4.79 Å². The van der Waals surface area contributed by atoms with Crippen molar-refractivity contribution in [3.05, 3.63) is 27.9 Å². The molecule has 4 heteroatoms. The molecule has 1 saturated heterocycles. The molecule has 0 amide bonds. The van der Waals surface area contributed by atoms with Crippen LogP contribution < -0.4 is 11.0 Å². The van der Waals surface area contributed by atoms with Crippen LogP contribution in [-0.2, 0) is 6.54 Å². The summed E-state index contributed by atoms with van der Waals surface area (Å²) in [7, 11) is 0. The highest BCUT2D eigenvalue weighted by atomic mass is 16.1. The molecule has 1 unspecified atom stereocenters. The van der Waals surface area contributed by atoms with Crippen LogP contribution >= 0.6 is 0 Å². The van der Waals surface area contributed by atoms with Gasteiger partial charge in [-0.15, -0.1) is 0 Å². The van der Waals surface area contributed by atoms with Crippen LogP contribution in [0.2, 0.25) is 0 Å². The van der Waals surface area contributed by atoms with E-state index in [0.29, 0.717) is 6.04 Å². The first-order valence-corrected chi connectivity index (χ1v) is 5.45. The van der Waals surface area contributed by atoms with Gasteiger partial charge in [-0.3, -0.25) is 4.57 Å². The normalized spacial score (nSPS) is 20.8. The molecule has 15 heavy (non-hydrogen) atoms. The number of nitrogens with zero attached hydrogens (tertiary/aromatic N) is 2. The Morgan fingerprint density at radius 2 is 2.40 bits per heavy atom. The van der Waals surface area contributed by atoms with E-state index in [4.69, 9.17) is 0 Å². The van der Waals surface area contributed by atoms with Gasteiger partial charge in [0.2, 0.25) is 0 Å². The molecule has 0 saturated carbocycles. The van der Waals surface area contributed by atoms with Crippen molar-refractivity contribution in [2.75, 3.05) is 6.54 Å². The van der Waals surface area contributed by atoms with Crippen molar-refractivity contribution in [2.45, 2.75) is 39.3 Å². The van der Waals surface area contributed by atoms with Crippen LogP contribution in [0.15, 0.2) is 10.9 Å². The Morgan fingerprint density at radius 1 is 1.60 bits per heavy atom. The lowest BCUT2D eigenvalue weighted by Gasteiger charge is -2.14. The fraction of sp³-hybridized carbons (Fsp3) is 0.636. The summed E-state index contributed by atoms with van der Waals surface area (Å²) in [6.45, 7) is 5.63. The Labute approximate surface area is 89.3 Å². The third-order valence-corrected chi connectivity index (χ3v) is 2.91. The second-order valence-corrected chi connectivity index (χ2v) is 4.23. The molecule has 1 aliphatic rings. The van der Waals surface area contributed by atoms with Crippen LogP contribution in [0.5, 0.6) is 0 Å². The minimum absolute atomic E-state index is 0.124. The van der Waals surface area contributed by atoms with E-state index >= 15 is 0 Å². The first kappa shape index (κ1) is 10.4. The standard InChI is InChI=1S/C11H17N3O/c1-8-6-9(2)14(11(15)13-8)7-10-4-3-5-12-10/h6,10,12H,3-5,7H2,1-2H3. The van der Waals surface area contributed by atoms with Crippen molar-refractivity contribution in [3.63, 3.8) is 0 Å². The molecule has 0 spiro atoms. The summed E-state index contributed by atoms with van der Waals surface area (Å²) in [6, 6.07) is 2.39. The number of rotatable bonds is 2. The Kier molecular flexibility index (Phi) is 2.86. The van der Waals surface area contributed by atoms with Crippen LogP contribution in [0, 0.1) is 13.8 Å². The molecule has 1 aromatic rings. The number of aryl methyl sites for hydroxylation is 2. The quantitative estimate of drug-likeness (QED) is 0.773. The molecule has 2 heterocycles. The third kappa shape index (κ3) is 2.26. The lowest BCUT2D eigenvalue weighted by molar-refractivity contribution is 0.484. The van der Waals surface area contributed by atoms with Gasteiger partial charge in [-0.05, 0) is 39.3 Å². The number of hydrogen-bond acceptors (Lipinski definition) is 3. The van der Waals surface area contributed by atoms with Crippen molar-refractivity contribution < 1.29 is 0 Å². The summed E-state index contributed by atoms with van der Waals surface area (Å²) in [6.07, 6.45) is 2.36. The van der Waals surface area contributed by atoms with E-state index < -0.39 is 0 Å². The molecular weight excluding hydrogens is 190 g/mol. The van der Waals surface area contributed by atoms with Crippen LogP contribution in [0.3, 0.4) is 0 Å². The fourth-order valence-corrected chi connectivity index (χ4v) is 2.13. The van der Waals surface area contributed by atoms with Crippen LogP contribution in [-0.4, -0.2) is 22.1 Å². The zero-order valence-electron chi connectivity index (χ0n) is 9.29. The third-order valence-electron chi connectivity index (χ3n) is 2.91. The first-order valence-electron chi connectivity index (χ1n) is 5.45. The predicted octanol–water partition coefficient (Wildman–Crippen LogP) is 0.612. The van der Waals surface area contributed by atoms with Gasteiger partial charge in [0.25, 0.3) is 0 Å². The van der Waals surface area contributed by atoms with Gasteiger partial charge in [0, 0.05) is 24.0 Å². The molecule has 1 atom stereocenters. The van der Waals surface area contributed by atoms with Gasteiger partial charge in [0.05, 0.1) is 0 Å².